The van der Waals surface area contributed by atoms with Crippen molar-refractivity contribution in [3.63, 3.8) is 0 Å². The normalized spacial score (nSPS) is 11.6. The number of nitrogens with zero attached hydrogens (tertiary/aromatic N) is 1. The van der Waals surface area contributed by atoms with Crippen LogP contribution < -0.4 is 5.32 Å². The van der Waals surface area contributed by atoms with Crippen molar-refractivity contribution < 1.29 is 14.0 Å². The van der Waals surface area contributed by atoms with E-state index in [0.717, 1.165) is 11.1 Å². The van der Waals surface area contributed by atoms with Gasteiger partial charge in [0.2, 0.25) is 11.8 Å². The number of benzene rings is 2. The van der Waals surface area contributed by atoms with Crippen molar-refractivity contribution in [2.75, 3.05) is 7.05 Å². The van der Waals surface area contributed by atoms with Crippen LogP contribution in [0.25, 0.3) is 0 Å². The molecule has 1 atom stereocenters. The average Bonchev–Trinajstić information content (AvgIpc) is 2.64. The van der Waals surface area contributed by atoms with E-state index in [2.05, 4.69) is 5.32 Å². The Kier molecular flexibility index (Phi) is 6.69. The first-order valence-electron chi connectivity index (χ1n) is 8.34. The molecule has 25 heavy (non-hydrogen) atoms. The van der Waals surface area contributed by atoms with Crippen LogP contribution >= 0.6 is 0 Å². The van der Waals surface area contributed by atoms with Crippen molar-refractivity contribution in [1.29, 1.82) is 0 Å². The zero-order valence-electron chi connectivity index (χ0n) is 14.5. The molecule has 2 rings (SSSR count). The van der Waals surface area contributed by atoms with Crippen LogP contribution in [0.3, 0.4) is 0 Å². The molecule has 0 saturated carbocycles. The summed E-state index contributed by atoms with van der Waals surface area (Å²) in [4.78, 5) is 26.7. The first kappa shape index (κ1) is 18.6. The minimum atomic E-state index is -0.543. The van der Waals surface area contributed by atoms with Crippen LogP contribution in [0.15, 0.2) is 54.6 Å². The number of carbonyl (C=O) groups excluding carboxylic acids is 2. The maximum absolute atomic E-state index is 13.1. The van der Waals surface area contributed by atoms with E-state index in [4.69, 9.17) is 0 Å². The second kappa shape index (κ2) is 8.97. The Morgan fingerprint density at radius 2 is 1.68 bits per heavy atom. The second-order valence-corrected chi connectivity index (χ2v) is 5.85. The number of nitrogens with one attached hydrogen (secondary N) is 1. The molecular formula is C20H23FN2O2. The number of amides is 2. The van der Waals surface area contributed by atoms with E-state index in [-0.39, 0.29) is 24.1 Å². The van der Waals surface area contributed by atoms with Gasteiger partial charge in [-0.2, -0.15) is 0 Å². The van der Waals surface area contributed by atoms with E-state index in [9.17, 15) is 14.0 Å². The van der Waals surface area contributed by atoms with Crippen LogP contribution in [0.1, 0.15) is 24.5 Å². The number of rotatable bonds is 7. The van der Waals surface area contributed by atoms with Gasteiger partial charge in [-0.1, -0.05) is 49.4 Å². The highest BCUT2D eigenvalue weighted by atomic mass is 19.1. The summed E-state index contributed by atoms with van der Waals surface area (Å²) in [6.07, 6.45) is 0.641. The largest absolute Gasteiger partial charge is 0.357 e. The quantitative estimate of drug-likeness (QED) is 0.841. The SMILES string of the molecule is CCC(C(=O)NC)N(Cc1ccccc1)C(=O)Cc1ccc(F)cc1. The van der Waals surface area contributed by atoms with Crippen molar-refractivity contribution in [1.82, 2.24) is 10.2 Å². The lowest BCUT2D eigenvalue weighted by Gasteiger charge is -2.30. The van der Waals surface area contributed by atoms with Crippen molar-refractivity contribution in [2.24, 2.45) is 0 Å². The fourth-order valence-electron chi connectivity index (χ4n) is 2.74. The molecule has 2 aromatic carbocycles. The van der Waals surface area contributed by atoms with Gasteiger partial charge in [0.05, 0.1) is 6.42 Å². The molecule has 1 N–H and O–H groups in total. The summed E-state index contributed by atoms with van der Waals surface area (Å²) in [5.41, 5.74) is 1.67. The maximum Gasteiger partial charge on any atom is 0.242 e. The highest BCUT2D eigenvalue weighted by molar-refractivity contribution is 5.88. The molecule has 0 heterocycles. The summed E-state index contributed by atoms with van der Waals surface area (Å²) < 4.78 is 13.1. The number of hydrogen-bond acceptors (Lipinski definition) is 2. The number of likely N-dealkylation sites (N-methyl/N-ethyl adjacent to an activating group) is 1. The van der Waals surface area contributed by atoms with Gasteiger partial charge in [0.25, 0.3) is 0 Å². The Morgan fingerprint density at radius 1 is 1.04 bits per heavy atom. The van der Waals surface area contributed by atoms with Crippen LogP contribution in [0, 0.1) is 5.82 Å². The zero-order chi connectivity index (χ0) is 18.2. The fourth-order valence-corrected chi connectivity index (χ4v) is 2.74. The molecule has 0 spiro atoms. The molecule has 0 saturated heterocycles. The van der Waals surface area contributed by atoms with Gasteiger partial charge in [0, 0.05) is 13.6 Å². The van der Waals surface area contributed by atoms with Gasteiger partial charge < -0.3 is 10.2 Å². The molecule has 0 bridgehead atoms. The Bertz CT molecular complexity index is 701. The van der Waals surface area contributed by atoms with E-state index < -0.39 is 6.04 Å². The highest BCUT2D eigenvalue weighted by Gasteiger charge is 2.27. The smallest absolute Gasteiger partial charge is 0.242 e. The molecule has 0 aromatic heterocycles. The van der Waals surface area contributed by atoms with Crippen molar-refractivity contribution >= 4 is 11.8 Å². The van der Waals surface area contributed by atoms with Crippen molar-refractivity contribution in [3.8, 4) is 0 Å². The molecule has 2 amide bonds. The molecular weight excluding hydrogens is 319 g/mol. The Hall–Kier alpha value is -2.69. The third kappa shape index (κ3) is 5.14. The van der Waals surface area contributed by atoms with Crippen LogP contribution in [-0.4, -0.2) is 29.8 Å². The third-order valence-electron chi connectivity index (χ3n) is 4.10. The molecule has 1 unspecified atom stereocenters. The van der Waals surface area contributed by atoms with Gasteiger partial charge in [-0.25, -0.2) is 4.39 Å². The summed E-state index contributed by atoms with van der Waals surface area (Å²) in [5, 5.41) is 2.63. The monoisotopic (exact) mass is 342 g/mol. The Morgan fingerprint density at radius 3 is 2.24 bits per heavy atom. The van der Waals surface area contributed by atoms with Crippen LogP contribution in [0.2, 0.25) is 0 Å². The van der Waals surface area contributed by atoms with Crippen LogP contribution in [-0.2, 0) is 22.6 Å². The molecule has 0 fully saturated rings. The fraction of sp³-hybridized carbons (Fsp3) is 0.300. The summed E-state index contributed by atoms with van der Waals surface area (Å²) in [5.74, 6) is -0.689. The van der Waals surface area contributed by atoms with Gasteiger partial charge in [0.15, 0.2) is 0 Å². The van der Waals surface area contributed by atoms with Gasteiger partial charge in [-0.3, -0.25) is 9.59 Å². The van der Waals surface area contributed by atoms with E-state index in [1.54, 1.807) is 24.1 Å². The van der Waals surface area contributed by atoms with Crippen LogP contribution in [0.4, 0.5) is 4.39 Å². The number of carbonyl (C=O) groups is 2. The van der Waals surface area contributed by atoms with Gasteiger partial charge in [-0.15, -0.1) is 0 Å². The highest BCUT2D eigenvalue weighted by Crippen LogP contribution is 2.15. The molecule has 0 aliphatic rings. The Labute approximate surface area is 147 Å². The summed E-state index contributed by atoms with van der Waals surface area (Å²) >= 11 is 0. The zero-order valence-corrected chi connectivity index (χ0v) is 14.5. The lowest BCUT2D eigenvalue weighted by atomic mass is 10.1. The summed E-state index contributed by atoms with van der Waals surface area (Å²) in [6, 6.07) is 14.9. The van der Waals surface area contributed by atoms with E-state index in [0.29, 0.717) is 13.0 Å². The summed E-state index contributed by atoms with van der Waals surface area (Å²) in [7, 11) is 1.57. The first-order chi connectivity index (χ1) is 12.0. The number of hydrogen-bond donors (Lipinski definition) is 1. The molecule has 2 aromatic rings. The minimum absolute atomic E-state index is 0.126. The second-order valence-electron chi connectivity index (χ2n) is 5.85. The predicted molar refractivity (Wildman–Crippen MR) is 95.2 cm³/mol. The third-order valence-corrected chi connectivity index (χ3v) is 4.10. The van der Waals surface area contributed by atoms with E-state index in [1.165, 1.54) is 12.1 Å². The van der Waals surface area contributed by atoms with E-state index >= 15 is 0 Å². The summed E-state index contributed by atoms with van der Waals surface area (Å²) in [6.45, 7) is 2.23. The molecule has 132 valence electrons. The lowest BCUT2D eigenvalue weighted by Crippen LogP contribution is -2.48. The van der Waals surface area contributed by atoms with Crippen molar-refractivity contribution in [2.45, 2.75) is 32.4 Å². The van der Waals surface area contributed by atoms with Gasteiger partial charge in [0.1, 0.15) is 11.9 Å². The lowest BCUT2D eigenvalue weighted by molar-refractivity contribution is -0.140. The average molecular weight is 342 g/mol. The van der Waals surface area contributed by atoms with Gasteiger partial charge in [-0.05, 0) is 29.7 Å². The molecule has 5 heteroatoms. The molecule has 4 nitrogen and oxygen atoms in total. The van der Waals surface area contributed by atoms with Crippen molar-refractivity contribution in [3.05, 3.63) is 71.5 Å². The first-order valence-corrected chi connectivity index (χ1v) is 8.34. The minimum Gasteiger partial charge on any atom is -0.357 e. The van der Waals surface area contributed by atoms with Crippen LogP contribution in [0.5, 0.6) is 0 Å². The molecule has 0 aliphatic carbocycles. The topological polar surface area (TPSA) is 49.4 Å². The predicted octanol–water partition coefficient (Wildman–Crippen LogP) is 2.92. The standard InChI is InChI=1S/C20H23FN2O2/c1-3-18(20(25)22-2)23(14-16-7-5-4-6-8-16)19(24)13-15-9-11-17(21)12-10-15/h4-12,18H,3,13-14H2,1-2H3,(H,22,25). The Balaban J connectivity index is 2.23. The maximum atomic E-state index is 13.1. The van der Waals surface area contributed by atoms with E-state index in [1.807, 2.05) is 37.3 Å². The molecule has 0 aliphatic heterocycles. The number of halogens is 1. The van der Waals surface area contributed by atoms with Gasteiger partial charge >= 0.3 is 0 Å². The molecule has 0 radical (unpaired) electrons.